The summed E-state index contributed by atoms with van der Waals surface area (Å²) in [6.45, 7) is 7.13. The normalized spacial score (nSPS) is 11.3. The van der Waals surface area contributed by atoms with Crippen molar-refractivity contribution < 1.29 is 10.2 Å². The third-order valence-electron chi connectivity index (χ3n) is 2.21. The van der Waals surface area contributed by atoms with Crippen LogP contribution in [0.2, 0.25) is 0 Å². The quantitative estimate of drug-likeness (QED) is 0.340. The molecule has 0 saturated carbocycles. The maximum Gasteiger partial charge on any atom is 0.165 e. The van der Waals surface area contributed by atoms with Gasteiger partial charge in [-0.05, 0) is 19.3 Å². The second kappa shape index (κ2) is 7.77. The molecule has 2 heteroatoms. The van der Waals surface area contributed by atoms with Gasteiger partial charge >= 0.3 is 0 Å². The molecule has 0 aliphatic carbocycles. The first-order valence-corrected chi connectivity index (χ1v) is 5.29. The summed E-state index contributed by atoms with van der Waals surface area (Å²) >= 11 is 0. The van der Waals surface area contributed by atoms with E-state index in [2.05, 4.69) is 13.2 Å². The van der Waals surface area contributed by atoms with Crippen LogP contribution in [0.1, 0.15) is 44.9 Å². The Bertz CT molecular complexity index is 162. The van der Waals surface area contributed by atoms with Crippen LogP contribution in [-0.4, -0.2) is 16.0 Å². The minimum absolute atomic E-state index is 0.250. The molecule has 0 spiro atoms. The third kappa shape index (κ3) is 8.02. The zero-order valence-electron chi connectivity index (χ0n) is 8.91. The van der Waals surface area contributed by atoms with E-state index in [4.69, 9.17) is 0 Å². The monoisotopic (exact) mass is 198 g/mol. The summed E-state index contributed by atoms with van der Waals surface area (Å²) in [6.07, 6.45) is 9.39. The van der Waals surface area contributed by atoms with E-state index in [9.17, 15) is 10.2 Å². The van der Waals surface area contributed by atoms with Crippen LogP contribution in [0.4, 0.5) is 0 Å². The van der Waals surface area contributed by atoms with Gasteiger partial charge in [-0.15, -0.1) is 13.2 Å². The summed E-state index contributed by atoms with van der Waals surface area (Å²) in [5.41, 5.74) is 0. The minimum atomic E-state index is -1.54. The molecular weight excluding hydrogens is 176 g/mol. The lowest BCUT2D eigenvalue weighted by molar-refractivity contribution is -0.163. The maximum absolute atomic E-state index is 9.39. The predicted molar refractivity (Wildman–Crippen MR) is 59.9 cm³/mol. The van der Waals surface area contributed by atoms with Gasteiger partial charge in [-0.1, -0.05) is 25.0 Å². The molecule has 2 nitrogen and oxygen atoms in total. The highest BCUT2D eigenvalue weighted by Gasteiger charge is 2.19. The van der Waals surface area contributed by atoms with Gasteiger partial charge in [0, 0.05) is 12.8 Å². The van der Waals surface area contributed by atoms with Crippen molar-refractivity contribution in [3.8, 4) is 0 Å². The summed E-state index contributed by atoms with van der Waals surface area (Å²) in [5.74, 6) is -1.54. The molecule has 0 aromatic rings. The highest BCUT2D eigenvalue weighted by Crippen LogP contribution is 2.16. The van der Waals surface area contributed by atoms with Crippen LogP contribution < -0.4 is 0 Å². The highest BCUT2D eigenvalue weighted by molar-refractivity contribution is 4.77. The predicted octanol–water partition coefficient (Wildman–Crippen LogP) is 2.77. The van der Waals surface area contributed by atoms with Gasteiger partial charge in [0.15, 0.2) is 5.79 Å². The number of unbranched alkanes of at least 4 members (excludes halogenated alkanes) is 4. The smallest absolute Gasteiger partial charge is 0.165 e. The Morgan fingerprint density at radius 3 is 2.14 bits per heavy atom. The van der Waals surface area contributed by atoms with E-state index < -0.39 is 5.79 Å². The number of rotatable bonds is 9. The van der Waals surface area contributed by atoms with E-state index in [-0.39, 0.29) is 6.42 Å². The summed E-state index contributed by atoms with van der Waals surface area (Å²) < 4.78 is 0. The van der Waals surface area contributed by atoms with E-state index >= 15 is 0 Å². The standard InChI is InChI=1S/C12H22O2/c1-3-5-6-7-8-9-11-12(13,14)10-4-2/h3-4,13-14H,1-2,5-11H2. The molecular formula is C12H22O2. The fourth-order valence-corrected chi connectivity index (χ4v) is 1.38. The lowest BCUT2D eigenvalue weighted by Gasteiger charge is -2.19. The fourth-order valence-electron chi connectivity index (χ4n) is 1.38. The van der Waals surface area contributed by atoms with Gasteiger partial charge in [0.1, 0.15) is 0 Å². The van der Waals surface area contributed by atoms with E-state index in [1.54, 1.807) is 0 Å². The van der Waals surface area contributed by atoms with Crippen molar-refractivity contribution >= 4 is 0 Å². The molecule has 0 aliphatic rings. The zero-order valence-corrected chi connectivity index (χ0v) is 8.91. The van der Waals surface area contributed by atoms with E-state index in [1.165, 1.54) is 6.08 Å². The highest BCUT2D eigenvalue weighted by atomic mass is 16.5. The molecule has 0 aliphatic heterocycles. The van der Waals surface area contributed by atoms with E-state index in [0.717, 1.165) is 32.1 Å². The molecule has 2 N–H and O–H groups in total. The van der Waals surface area contributed by atoms with Gasteiger partial charge in [-0.25, -0.2) is 0 Å². The molecule has 0 bridgehead atoms. The van der Waals surface area contributed by atoms with E-state index in [1.807, 2.05) is 6.08 Å². The van der Waals surface area contributed by atoms with Crippen LogP contribution in [0.15, 0.2) is 25.3 Å². The van der Waals surface area contributed by atoms with Crippen molar-refractivity contribution in [2.45, 2.75) is 50.7 Å². The average Bonchev–Trinajstić information content (AvgIpc) is 2.11. The van der Waals surface area contributed by atoms with Crippen molar-refractivity contribution in [1.29, 1.82) is 0 Å². The fraction of sp³-hybridized carbons (Fsp3) is 0.667. The summed E-state index contributed by atoms with van der Waals surface area (Å²) in [7, 11) is 0. The van der Waals surface area contributed by atoms with Crippen LogP contribution in [0.5, 0.6) is 0 Å². The van der Waals surface area contributed by atoms with Crippen molar-refractivity contribution in [3.63, 3.8) is 0 Å². The number of aliphatic hydroxyl groups is 2. The van der Waals surface area contributed by atoms with Crippen LogP contribution in [-0.2, 0) is 0 Å². The van der Waals surface area contributed by atoms with Crippen molar-refractivity contribution in [3.05, 3.63) is 25.3 Å². The molecule has 0 aromatic heterocycles. The maximum atomic E-state index is 9.39. The van der Waals surface area contributed by atoms with Crippen LogP contribution >= 0.6 is 0 Å². The molecule has 14 heavy (non-hydrogen) atoms. The largest absolute Gasteiger partial charge is 0.365 e. The Balaban J connectivity index is 3.34. The Labute approximate surface area is 87.0 Å². The number of hydrogen-bond donors (Lipinski definition) is 2. The van der Waals surface area contributed by atoms with Crippen molar-refractivity contribution in [2.75, 3.05) is 0 Å². The molecule has 0 rings (SSSR count). The molecule has 0 fully saturated rings. The van der Waals surface area contributed by atoms with E-state index in [0.29, 0.717) is 6.42 Å². The number of hydrogen-bond acceptors (Lipinski definition) is 2. The topological polar surface area (TPSA) is 40.5 Å². The first-order chi connectivity index (χ1) is 6.62. The van der Waals surface area contributed by atoms with Crippen molar-refractivity contribution in [2.24, 2.45) is 0 Å². The summed E-state index contributed by atoms with van der Waals surface area (Å²) in [5, 5.41) is 18.8. The molecule has 0 atom stereocenters. The molecule has 0 unspecified atom stereocenters. The second-order valence-electron chi connectivity index (χ2n) is 3.72. The Kier molecular flexibility index (Phi) is 7.44. The van der Waals surface area contributed by atoms with Gasteiger partial charge in [0.05, 0.1) is 0 Å². The van der Waals surface area contributed by atoms with Gasteiger partial charge in [-0.2, -0.15) is 0 Å². The SMILES string of the molecule is C=CCCCCCCC(O)(O)CC=C. The molecule has 0 amide bonds. The Morgan fingerprint density at radius 1 is 0.929 bits per heavy atom. The lowest BCUT2D eigenvalue weighted by Crippen LogP contribution is -2.26. The lowest BCUT2D eigenvalue weighted by atomic mass is 10.0. The number of allylic oxidation sites excluding steroid dienone is 1. The average molecular weight is 198 g/mol. The first-order valence-electron chi connectivity index (χ1n) is 5.29. The first kappa shape index (κ1) is 13.4. The van der Waals surface area contributed by atoms with Crippen molar-refractivity contribution in [1.82, 2.24) is 0 Å². The second-order valence-corrected chi connectivity index (χ2v) is 3.72. The Morgan fingerprint density at radius 2 is 1.57 bits per heavy atom. The third-order valence-corrected chi connectivity index (χ3v) is 2.21. The van der Waals surface area contributed by atoms with Gasteiger partial charge < -0.3 is 10.2 Å². The minimum Gasteiger partial charge on any atom is -0.365 e. The molecule has 0 heterocycles. The summed E-state index contributed by atoms with van der Waals surface area (Å²) in [6, 6.07) is 0. The van der Waals surface area contributed by atoms with Gasteiger partial charge in [-0.3, -0.25) is 0 Å². The van der Waals surface area contributed by atoms with Gasteiger partial charge in [0.2, 0.25) is 0 Å². The molecule has 0 saturated heterocycles. The molecule has 0 radical (unpaired) electrons. The Hall–Kier alpha value is -0.600. The summed E-state index contributed by atoms with van der Waals surface area (Å²) in [4.78, 5) is 0. The van der Waals surface area contributed by atoms with Crippen LogP contribution in [0.3, 0.4) is 0 Å². The van der Waals surface area contributed by atoms with Crippen LogP contribution in [0, 0.1) is 0 Å². The molecule has 82 valence electrons. The molecule has 0 aromatic carbocycles. The van der Waals surface area contributed by atoms with Gasteiger partial charge in [0.25, 0.3) is 0 Å². The van der Waals surface area contributed by atoms with Crippen LogP contribution in [0.25, 0.3) is 0 Å². The zero-order chi connectivity index (χ0) is 10.9.